The molecule has 3 aliphatic carbocycles. The van der Waals surface area contributed by atoms with Crippen molar-refractivity contribution in [1.82, 2.24) is 0 Å². The molecule has 2 heterocycles. The molecule has 0 N–H and O–H groups in total. The molecule has 2 unspecified atom stereocenters. The molecule has 9 rings (SSSR count). The van der Waals surface area contributed by atoms with Crippen molar-refractivity contribution >= 4 is 16.9 Å². The quantitative estimate of drug-likeness (QED) is 0.238. The molecule has 38 heavy (non-hydrogen) atoms. The summed E-state index contributed by atoms with van der Waals surface area (Å²) in [5, 5.41) is 0. The van der Waals surface area contributed by atoms with E-state index in [2.05, 4.69) is 131 Å². The Kier molecular flexibility index (Phi) is 3.47. The van der Waals surface area contributed by atoms with Gasteiger partial charge in [-0.3, -0.25) is 0 Å². The van der Waals surface area contributed by atoms with E-state index in [1.54, 1.807) is 0 Å². The average Bonchev–Trinajstić information content (AvgIpc) is 3.50. The molecule has 4 aromatic rings. The van der Waals surface area contributed by atoms with Gasteiger partial charge < -0.3 is 4.90 Å². The van der Waals surface area contributed by atoms with Gasteiger partial charge in [0.2, 0.25) is 0 Å². The van der Waals surface area contributed by atoms with Crippen LogP contribution in [0.2, 0.25) is 0 Å². The van der Waals surface area contributed by atoms with Gasteiger partial charge in [-0.05, 0) is 86.8 Å². The summed E-state index contributed by atoms with van der Waals surface area (Å²) in [6, 6.07) is 28.1. The van der Waals surface area contributed by atoms with Crippen molar-refractivity contribution in [3.63, 3.8) is 0 Å². The summed E-state index contributed by atoms with van der Waals surface area (Å²) >= 11 is 0. The Morgan fingerprint density at radius 3 is 1.82 bits per heavy atom. The fraction of sp³-hybridized carbons (Fsp3) is 0.243. The van der Waals surface area contributed by atoms with E-state index in [0.717, 1.165) is 0 Å². The van der Waals surface area contributed by atoms with Crippen LogP contribution < -0.4 is 4.90 Å². The van der Waals surface area contributed by atoms with Crippen LogP contribution in [0, 0.1) is 0 Å². The number of anilines is 2. The lowest BCUT2D eigenvalue weighted by molar-refractivity contribution is 0.575. The molecule has 0 aromatic heterocycles. The van der Waals surface area contributed by atoms with E-state index in [0.29, 0.717) is 5.92 Å². The molecule has 0 saturated heterocycles. The molecule has 0 bridgehead atoms. The van der Waals surface area contributed by atoms with Crippen molar-refractivity contribution in [2.24, 2.45) is 0 Å². The maximum absolute atomic E-state index is 2.70. The number of hydrogen-bond donors (Lipinski definition) is 0. The highest BCUT2D eigenvalue weighted by Gasteiger charge is 2.57. The molecule has 0 spiro atoms. The van der Waals surface area contributed by atoms with E-state index in [1.807, 2.05) is 0 Å². The Morgan fingerprint density at radius 1 is 0.579 bits per heavy atom. The first-order chi connectivity index (χ1) is 18.2. The lowest BCUT2D eigenvalue weighted by Crippen LogP contribution is -2.40. The van der Waals surface area contributed by atoms with Crippen LogP contribution in [-0.2, 0) is 10.8 Å². The van der Waals surface area contributed by atoms with Gasteiger partial charge in [0.15, 0.2) is 0 Å². The molecular formula is C37H31N. The Hall–Kier alpha value is -3.84. The largest absolute Gasteiger partial charge is 0.330 e. The maximum Gasteiger partial charge on any atom is 0.0785 e. The van der Waals surface area contributed by atoms with Gasteiger partial charge in [-0.25, -0.2) is 0 Å². The third-order valence-corrected chi connectivity index (χ3v) is 10.7. The normalized spacial score (nSPS) is 24.7. The lowest BCUT2D eigenvalue weighted by Gasteiger charge is -2.37. The molecule has 1 nitrogen and oxygen atoms in total. The number of benzene rings is 4. The van der Waals surface area contributed by atoms with E-state index in [1.165, 1.54) is 72.6 Å². The number of rotatable bonds is 0. The Morgan fingerprint density at radius 2 is 1.16 bits per heavy atom. The monoisotopic (exact) mass is 489 g/mol. The highest BCUT2D eigenvalue weighted by atomic mass is 15.3. The third-order valence-electron chi connectivity index (χ3n) is 10.7. The van der Waals surface area contributed by atoms with Crippen molar-refractivity contribution in [3.05, 3.63) is 124 Å². The van der Waals surface area contributed by atoms with Gasteiger partial charge in [0.1, 0.15) is 0 Å². The number of hydrogen-bond acceptors (Lipinski definition) is 1. The fourth-order valence-corrected chi connectivity index (χ4v) is 8.78. The first-order valence-electron chi connectivity index (χ1n) is 14.0. The van der Waals surface area contributed by atoms with E-state index < -0.39 is 0 Å². The summed E-state index contributed by atoms with van der Waals surface area (Å²) in [5.74, 6) is 0.334. The second-order valence-electron chi connectivity index (χ2n) is 13.1. The third kappa shape index (κ3) is 2.09. The molecule has 0 radical (unpaired) electrons. The van der Waals surface area contributed by atoms with Crippen molar-refractivity contribution in [1.29, 1.82) is 0 Å². The smallest absolute Gasteiger partial charge is 0.0785 e. The van der Waals surface area contributed by atoms with Crippen molar-refractivity contribution in [3.8, 4) is 22.3 Å². The van der Waals surface area contributed by atoms with Gasteiger partial charge in [0, 0.05) is 33.7 Å². The topological polar surface area (TPSA) is 3.24 Å². The second kappa shape index (κ2) is 6.24. The van der Waals surface area contributed by atoms with Crippen LogP contribution in [0.15, 0.2) is 91.0 Å². The van der Waals surface area contributed by atoms with Gasteiger partial charge in [0.25, 0.3) is 0 Å². The summed E-state index contributed by atoms with van der Waals surface area (Å²) in [6.45, 7) is 12.0. The molecule has 4 aromatic carbocycles. The minimum Gasteiger partial charge on any atom is -0.330 e. The fourth-order valence-electron chi connectivity index (χ4n) is 8.78. The van der Waals surface area contributed by atoms with E-state index in [9.17, 15) is 0 Å². The summed E-state index contributed by atoms with van der Waals surface area (Å²) in [6.07, 6.45) is 7.13. The second-order valence-corrected chi connectivity index (χ2v) is 13.1. The predicted octanol–water partition coefficient (Wildman–Crippen LogP) is 9.26. The number of nitrogens with zero attached hydrogens (tertiary/aromatic N) is 1. The van der Waals surface area contributed by atoms with Crippen LogP contribution in [0.5, 0.6) is 0 Å². The highest BCUT2D eigenvalue weighted by molar-refractivity contribution is 6.04. The standard InChI is InChI=1S/C37H31N/c1-35(2)27-13-8-6-11-21(27)23-17-25-29-15-10-16-30-26-18-24-22-12-7-9-14-28(22)36(3,4)32(24)20-34(26)38(37(29,30)5)33(25)19-31(23)35/h6-20,29H,1-5H3. The maximum atomic E-state index is 2.70. The lowest BCUT2D eigenvalue weighted by atomic mass is 9.74. The Labute approximate surface area is 225 Å². The van der Waals surface area contributed by atoms with Crippen LogP contribution in [-0.4, -0.2) is 5.54 Å². The van der Waals surface area contributed by atoms with Crippen molar-refractivity contribution in [2.45, 2.75) is 56.9 Å². The molecule has 0 saturated carbocycles. The van der Waals surface area contributed by atoms with E-state index in [4.69, 9.17) is 0 Å². The van der Waals surface area contributed by atoms with Gasteiger partial charge in [0.05, 0.1) is 5.54 Å². The van der Waals surface area contributed by atoms with Crippen LogP contribution in [0.1, 0.15) is 73.9 Å². The van der Waals surface area contributed by atoms with Crippen LogP contribution in [0.3, 0.4) is 0 Å². The molecule has 1 heteroatoms. The molecular weight excluding hydrogens is 458 g/mol. The van der Waals surface area contributed by atoms with Crippen LogP contribution in [0.25, 0.3) is 27.8 Å². The zero-order valence-corrected chi connectivity index (χ0v) is 22.7. The summed E-state index contributed by atoms with van der Waals surface area (Å²) < 4.78 is 0. The minimum atomic E-state index is -0.100. The average molecular weight is 490 g/mol. The Balaban J connectivity index is 1.33. The molecule has 0 amide bonds. The van der Waals surface area contributed by atoms with Crippen LogP contribution in [0.4, 0.5) is 11.4 Å². The zero-order valence-electron chi connectivity index (χ0n) is 22.7. The molecule has 5 aliphatic rings. The Bertz CT molecular complexity index is 1840. The molecule has 0 fully saturated rings. The summed E-state index contributed by atoms with van der Waals surface area (Å²) in [4.78, 5) is 2.70. The van der Waals surface area contributed by atoms with Crippen molar-refractivity contribution in [2.75, 3.05) is 4.90 Å². The first-order valence-corrected chi connectivity index (χ1v) is 14.0. The van der Waals surface area contributed by atoms with Gasteiger partial charge in [-0.1, -0.05) is 94.5 Å². The van der Waals surface area contributed by atoms with Crippen molar-refractivity contribution < 1.29 is 0 Å². The van der Waals surface area contributed by atoms with E-state index >= 15 is 0 Å². The first kappa shape index (κ1) is 21.1. The zero-order chi connectivity index (χ0) is 25.8. The molecule has 2 aliphatic heterocycles. The van der Waals surface area contributed by atoms with Gasteiger partial charge >= 0.3 is 0 Å². The highest BCUT2D eigenvalue weighted by Crippen LogP contribution is 2.67. The van der Waals surface area contributed by atoms with Gasteiger partial charge in [-0.2, -0.15) is 0 Å². The number of allylic oxidation sites excluding steroid dienone is 2. The SMILES string of the molecule is CC1(C)c2ccccc2-c2cc3c(cc21)N1c2cc4c(cc2C2C=CC=C3C21C)-c1ccccc1C4(C)C. The summed E-state index contributed by atoms with van der Waals surface area (Å²) in [7, 11) is 0. The van der Waals surface area contributed by atoms with E-state index in [-0.39, 0.29) is 16.4 Å². The molecule has 2 atom stereocenters. The number of fused-ring (bicyclic) bond motifs is 12. The summed E-state index contributed by atoms with van der Waals surface area (Å²) in [5.41, 5.74) is 18.4. The van der Waals surface area contributed by atoms with Crippen LogP contribution >= 0.6 is 0 Å². The molecule has 184 valence electrons. The van der Waals surface area contributed by atoms with Gasteiger partial charge in [-0.15, -0.1) is 0 Å². The predicted molar refractivity (Wildman–Crippen MR) is 158 cm³/mol. The minimum absolute atomic E-state index is 0.00570.